The molecule has 0 aliphatic carbocycles. The molecule has 82 valence electrons. The maximum Gasteiger partial charge on any atom is 0.0809 e. The Kier molecular flexibility index (Phi) is 3.42. The van der Waals surface area contributed by atoms with Gasteiger partial charge in [-0.2, -0.15) is 0 Å². The number of piperidine rings is 1. The van der Waals surface area contributed by atoms with Crippen LogP contribution in [0.25, 0.3) is 0 Å². The molecule has 0 aromatic rings. The van der Waals surface area contributed by atoms with Crippen LogP contribution in [-0.4, -0.2) is 43.3 Å². The fourth-order valence-corrected chi connectivity index (χ4v) is 2.80. The van der Waals surface area contributed by atoms with E-state index in [-0.39, 0.29) is 5.60 Å². The Bertz CT molecular complexity index is 171. The van der Waals surface area contributed by atoms with E-state index in [2.05, 4.69) is 4.90 Å². The molecule has 0 radical (unpaired) electrons. The highest BCUT2D eigenvalue weighted by Gasteiger charge is 2.37. The molecule has 2 aliphatic heterocycles. The topological polar surface area (TPSA) is 38.5 Å². The minimum absolute atomic E-state index is 0.200. The molecule has 2 saturated heterocycles. The van der Waals surface area contributed by atoms with Crippen molar-refractivity contribution in [2.75, 3.05) is 32.8 Å². The van der Waals surface area contributed by atoms with E-state index in [0.29, 0.717) is 0 Å². The van der Waals surface area contributed by atoms with Crippen molar-refractivity contribution in [2.45, 2.75) is 37.7 Å². The Morgan fingerprint density at radius 3 is 2.79 bits per heavy atom. The van der Waals surface area contributed by atoms with Crippen LogP contribution in [0.3, 0.4) is 0 Å². The van der Waals surface area contributed by atoms with Gasteiger partial charge in [-0.1, -0.05) is 0 Å². The Balaban J connectivity index is 1.91. The van der Waals surface area contributed by atoms with Gasteiger partial charge in [-0.3, -0.25) is 4.90 Å². The van der Waals surface area contributed by atoms with Gasteiger partial charge in [-0.05, 0) is 38.6 Å². The number of hydrogen-bond acceptors (Lipinski definition) is 3. The molecule has 2 fully saturated rings. The molecule has 2 aliphatic rings. The molecular weight excluding hydrogens is 176 g/mol. The van der Waals surface area contributed by atoms with Crippen LogP contribution in [0, 0.1) is 0 Å². The zero-order chi connectivity index (χ0) is 9.86. The van der Waals surface area contributed by atoms with E-state index in [1.807, 2.05) is 0 Å². The lowest BCUT2D eigenvalue weighted by Crippen LogP contribution is -2.52. The van der Waals surface area contributed by atoms with E-state index < -0.39 is 0 Å². The summed E-state index contributed by atoms with van der Waals surface area (Å²) in [6, 6.07) is 0. The normalized spacial score (nSPS) is 34.9. The van der Waals surface area contributed by atoms with E-state index in [0.717, 1.165) is 26.2 Å². The number of nitrogens with two attached hydrogens (primary N) is 1. The number of nitrogens with zero attached hydrogens (tertiary/aromatic N) is 1. The number of ether oxygens (including phenoxy) is 1. The van der Waals surface area contributed by atoms with Crippen molar-refractivity contribution in [2.24, 2.45) is 5.73 Å². The zero-order valence-electron chi connectivity index (χ0n) is 9.00. The number of likely N-dealkylation sites (tertiary alicyclic amines) is 1. The predicted octanol–water partition coefficient (Wildman–Crippen LogP) is 0.980. The Morgan fingerprint density at radius 1 is 1.21 bits per heavy atom. The first-order valence-electron chi connectivity index (χ1n) is 5.91. The summed E-state index contributed by atoms with van der Waals surface area (Å²) in [7, 11) is 0. The number of rotatable bonds is 2. The highest BCUT2D eigenvalue weighted by atomic mass is 16.5. The second-order valence-electron chi connectivity index (χ2n) is 4.66. The summed E-state index contributed by atoms with van der Waals surface area (Å²) in [5.74, 6) is 0. The molecule has 0 aromatic carbocycles. The van der Waals surface area contributed by atoms with Gasteiger partial charge in [0.2, 0.25) is 0 Å². The predicted molar refractivity (Wildman–Crippen MR) is 57.3 cm³/mol. The van der Waals surface area contributed by atoms with Gasteiger partial charge in [0.15, 0.2) is 0 Å². The minimum atomic E-state index is 0.200. The van der Waals surface area contributed by atoms with E-state index >= 15 is 0 Å². The van der Waals surface area contributed by atoms with Crippen LogP contribution >= 0.6 is 0 Å². The van der Waals surface area contributed by atoms with Crippen molar-refractivity contribution >= 4 is 0 Å². The summed E-state index contributed by atoms with van der Waals surface area (Å²) < 4.78 is 6.00. The molecule has 2 heterocycles. The summed E-state index contributed by atoms with van der Waals surface area (Å²) in [5, 5.41) is 0. The van der Waals surface area contributed by atoms with E-state index in [1.54, 1.807) is 0 Å². The third-order valence-corrected chi connectivity index (χ3v) is 3.50. The monoisotopic (exact) mass is 198 g/mol. The summed E-state index contributed by atoms with van der Waals surface area (Å²) in [6.07, 6.45) is 6.39. The van der Waals surface area contributed by atoms with Gasteiger partial charge in [-0.25, -0.2) is 0 Å². The summed E-state index contributed by atoms with van der Waals surface area (Å²) in [4.78, 5) is 2.47. The second-order valence-corrected chi connectivity index (χ2v) is 4.66. The quantitative estimate of drug-likeness (QED) is 0.719. The van der Waals surface area contributed by atoms with Gasteiger partial charge in [0.25, 0.3) is 0 Å². The molecule has 2 rings (SSSR count). The Hall–Kier alpha value is -0.120. The van der Waals surface area contributed by atoms with Crippen molar-refractivity contribution in [1.82, 2.24) is 4.90 Å². The standard InChI is InChI=1S/C11H22N2O/c12-6-8-13-7-3-5-11(10-13)4-1-2-9-14-11/h1-10,12H2/t11-/m1/s1. The number of hydrogen-bond donors (Lipinski definition) is 1. The van der Waals surface area contributed by atoms with Gasteiger partial charge in [0.05, 0.1) is 5.60 Å². The van der Waals surface area contributed by atoms with Crippen LogP contribution < -0.4 is 5.73 Å². The molecule has 1 spiro atoms. The molecule has 0 aromatic heterocycles. The third kappa shape index (κ3) is 2.27. The van der Waals surface area contributed by atoms with Crippen molar-refractivity contribution in [3.63, 3.8) is 0 Å². The molecule has 0 saturated carbocycles. The van der Waals surface area contributed by atoms with Crippen LogP contribution in [0.15, 0.2) is 0 Å². The van der Waals surface area contributed by atoms with Crippen LogP contribution in [0.5, 0.6) is 0 Å². The van der Waals surface area contributed by atoms with Crippen LogP contribution in [0.4, 0.5) is 0 Å². The fourth-order valence-electron chi connectivity index (χ4n) is 2.80. The lowest BCUT2D eigenvalue weighted by atomic mass is 9.86. The maximum atomic E-state index is 6.00. The fraction of sp³-hybridized carbons (Fsp3) is 1.00. The molecule has 3 nitrogen and oxygen atoms in total. The SMILES string of the molecule is NCCN1CCC[C@]2(CCCCO2)C1. The van der Waals surface area contributed by atoms with Gasteiger partial charge >= 0.3 is 0 Å². The second kappa shape index (κ2) is 4.60. The van der Waals surface area contributed by atoms with Crippen molar-refractivity contribution in [1.29, 1.82) is 0 Å². The first kappa shape index (κ1) is 10.4. The molecule has 14 heavy (non-hydrogen) atoms. The maximum absolute atomic E-state index is 6.00. The van der Waals surface area contributed by atoms with Gasteiger partial charge < -0.3 is 10.5 Å². The molecule has 3 heteroatoms. The van der Waals surface area contributed by atoms with Crippen LogP contribution in [0.1, 0.15) is 32.1 Å². The molecular formula is C11H22N2O. The van der Waals surface area contributed by atoms with Crippen molar-refractivity contribution in [3.05, 3.63) is 0 Å². The molecule has 1 atom stereocenters. The van der Waals surface area contributed by atoms with E-state index in [1.165, 1.54) is 38.6 Å². The van der Waals surface area contributed by atoms with Crippen molar-refractivity contribution in [3.8, 4) is 0 Å². The summed E-state index contributed by atoms with van der Waals surface area (Å²) in [6.45, 7) is 5.10. The average molecular weight is 198 g/mol. The van der Waals surface area contributed by atoms with Crippen LogP contribution in [-0.2, 0) is 4.74 Å². The third-order valence-electron chi connectivity index (χ3n) is 3.50. The highest BCUT2D eigenvalue weighted by Crippen LogP contribution is 2.33. The summed E-state index contributed by atoms with van der Waals surface area (Å²) in [5.41, 5.74) is 5.79. The lowest BCUT2D eigenvalue weighted by Gasteiger charge is -2.44. The molecule has 0 bridgehead atoms. The van der Waals surface area contributed by atoms with Crippen molar-refractivity contribution < 1.29 is 4.74 Å². The van der Waals surface area contributed by atoms with Gasteiger partial charge in [-0.15, -0.1) is 0 Å². The summed E-state index contributed by atoms with van der Waals surface area (Å²) >= 11 is 0. The first-order valence-corrected chi connectivity index (χ1v) is 5.91. The van der Waals surface area contributed by atoms with Gasteiger partial charge in [0, 0.05) is 26.2 Å². The Morgan fingerprint density at radius 2 is 2.07 bits per heavy atom. The van der Waals surface area contributed by atoms with Gasteiger partial charge in [0.1, 0.15) is 0 Å². The van der Waals surface area contributed by atoms with E-state index in [4.69, 9.17) is 10.5 Å². The van der Waals surface area contributed by atoms with Crippen LogP contribution in [0.2, 0.25) is 0 Å². The molecule has 0 amide bonds. The minimum Gasteiger partial charge on any atom is -0.374 e. The highest BCUT2D eigenvalue weighted by molar-refractivity contribution is 4.90. The van der Waals surface area contributed by atoms with E-state index in [9.17, 15) is 0 Å². The largest absolute Gasteiger partial charge is 0.374 e. The first-order chi connectivity index (χ1) is 6.85. The Labute approximate surface area is 86.6 Å². The zero-order valence-corrected chi connectivity index (χ0v) is 9.00. The molecule has 0 unspecified atom stereocenters. The lowest BCUT2D eigenvalue weighted by molar-refractivity contribution is -0.115. The smallest absolute Gasteiger partial charge is 0.0809 e. The average Bonchev–Trinajstić information content (AvgIpc) is 2.19. The molecule has 2 N–H and O–H groups in total.